The number of piperidine rings is 1. The highest BCUT2D eigenvalue weighted by Gasteiger charge is 2.32. The van der Waals surface area contributed by atoms with E-state index in [2.05, 4.69) is 4.98 Å². The van der Waals surface area contributed by atoms with Crippen LogP contribution in [0.5, 0.6) is 5.75 Å². The number of ether oxygens (including phenoxy) is 1. The van der Waals surface area contributed by atoms with Crippen LogP contribution < -0.4 is 4.74 Å². The van der Waals surface area contributed by atoms with Crippen LogP contribution in [0.4, 0.5) is 0 Å². The second kappa shape index (κ2) is 6.94. The maximum absolute atomic E-state index is 12.7. The van der Waals surface area contributed by atoms with E-state index in [4.69, 9.17) is 27.9 Å². The van der Waals surface area contributed by atoms with Crippen LogP contribution in [-0.2, 0) is 10.0 Å². The summed E-state index contributed by atoms with van der Waals surface area (Å²) in [5, 5.41) is 0.414. The van der Waals surface area contributed by atoms with Crippen LogP contribution in [0.3, 0.4) is 0 Å². The first kappa shape index (κ1) is 17.0. The van der Waals surface area contributed by atoms with Crippen LogP contribution in [0.1, 0.15) is 12.8 Å². The molecule has 1 saturated heterocycles. The summed E-state index contributed by atoms with van der Waals surface area (Å²) in [5.41, 5.74) is 0. The summed E-state index contributed by atoms with van der Waals surface area (Å²) < 4.78 is 33.3. The van der Waals surface area contributed by atoms with Gasteiger partial charge in [0, 0.05) is 25.0 Å². The Hall–Kier alpha value is -0.860. The minimum atomic E-state index is -3.53. The summed E-state index contributed by atoms with van der Waals surface area (Å²) >= 11 is 12.9. The molecule has 0 aromatic carbocycles. The lowest BCUT2D eigenvalue weighted by Crippen LogP contribution is -2.44. The second-order valence-corrected chi connectivity index (χ2v) is 9.40. The molecule has 3 rings (SSSR count). The molecule has 1 unspecified atom stereocenters. The van der Waals surface area contributed by atoms with Crippen molar-refractivity contribution in [3.05, 3.63) is 40.0 Å². The Morgan fingerprint density at radius 1 is 1.30 bits per heavy atom. The minimum absolute atomic E-state index is 0.242. The fraction of sp³-hybridized carbons (Fsp3) is 0.357. The molecule has 3 heterocycles. The fourth-order valence-electron chi connectivity index (χ4n) is 2.42. The van der Waals surface area contributed by atoms with Crippen molar-refractivity contribution >= 4 is 44.6 Å². The first-order valence-corrected chi connectivity index (χ1v) is 10.00. The molecule has 9 heteroatoms. The number of hydrogen-bond acceptors (Lipinski definition) is 5. The van der Waals surface area contributed by atoms with Crippen molar-refractivity contribution in [3.8, 4) is 5.75 Å². The van der Waals surface area contributed by atoms with E-state index in [9.17, 15) is 8.42 Å². The van der Waals surface area contributed by atoms with E-state index in [1.54, 1.807) is 18.3 Å². The zero-order valence-electron chi connectivity index (χ0n) is 12.0. The standard InChI is InChI=1S/C14H14Cl2N2O3S2/c15-11-8-17-6-5-12(11)21-10-2-1-7-18(9-10)23(19,20)14-4-3-13(16)22-14/h3-6,8,10H,1-2,7,9H2. The first-order valence-electron chi connectivity index (χ1n) is 6.98. The maximum atomic E-state index is 12.7. The van der Waals surface area contributed by atoms with Crippen LogP contribution in [-0.4, -0.2) is 36.9 Å². The Morgan fingerprint density at radius 2 is 2.13 bits per heavy atom. The molecule has 124 valence electrons. The highest BCUT2D eigenvalue weighted by Crippen LogP contribution is 2.31. The second-order valence-electron chi connectivity index (χ2n) is 5.11. The van der Waals surface area contributed by atoms with Crippen molar-refractivity contribution in [3.63, 3.8) is 0 Å². The van der Waals surface area contributed by atoms with Gasteiger partial charge in [0.2, 0.25) is 0 Å². The highest BCUT2D eigenvalue weighted by atomic mass is 35.5. The Balaban J connectivity index is 1.75. The van der Waals surface area contributed by atoms with Crippen LogP contribution in [0, 0.1) is 0 Å². The molecule has 0 bridgehead atoms. The molecule has 1 aliphatic heterocycles. The van der Waals surface area contributed by atoms with Gasteiger partial charge in [-0.1, -0.05) is 23.2 Å². The third kappa shape index (κ3) is 3.80. The SMILES string of the molecule is O=S(=O)(c1ccc(Cl)s1)N1CCCC(Oc2ccncc2Cl)C1. The van der Waals surface area contributed by atoms with Gasteiger partial charge in [-0.2, -0.15) is 4.31 Å². The summed E-state index contributed by atoms with van der Waals surface area (Å²) in [5.74, 6) is 0.519. The number of hydrogen-bond donors (Lipinski definition) is 0. The first-order chi connectivity index (χ1) is 11.0. The number of aromatic nitrogens is 1. The van der Waals surface area contributed by atoms with Crippen molar-refractivity contribution in [1.82, 2.24) is 9.29 Å². The molecular weight excluding hydrogens is 379 g/mol. The number of rotatable bonds is 4. The number of sulfonamides is 1. The van der Waals surface area contributed by atoms with Gasteiger partial charge in [0.05, 0.1) is 10.9 Å². The predicted octanol–water partition coefficient (Wildman–Crippen LogP) is 3.68. The van der Waals surface area contributed by atoms with E-state index in [1.165, 1.54) is 16.6 Å². The number of nitrogens with zero attached hydrogens (tertiary/aromatic N) is 2. The van der Waals surface area contributed by atoms with E-state index in [-0.39, 0.29) is 16.9 Å². The van der Waals surface area contributed by atoms with Crippen molar-refractivity contribution < 1.29 is 13.2 Å². The molecule has 2 aromatic heterocycles. The average molecular weight is 393 g/mol. The average Bonchev–Trinajstić information content (AvgIpc) is 2.97. The van der Waals surface area contributed by atoms with Crippen molar-refractivity contribution in [2.75, 3.05) is 13.1 Å². The van der Waals surface area contributed by atoms with Crippen molar-refractivity contribution in [2.24, 2.45) is 0 Å². The van der Waals surface area contributed by atoms with Gasteiger partial charge in [-0.05, 0) is 25.0 Å². The minimum Gasteiger partial charge on any atom is -0.487 e. The van der Waals surface area contributed by atoms with Gasteiger partial charge in [-0.3, -0.25) is 4.98 Å². The van der Waals surface area contributed by atoms with Crippen LogP contribution in [0.15, 0.2) is 34.8 Å². The number of halogens is 2. The molecule has 0 saturated carbocycles. The molecule has 23 heavy (non-hydrogen) atoms. The molecule has 1 fully saturated rings. The third-order valence-corrected chi connectivity index (χ3v) is 7.36. The Labute approximate surface area is 148 Å². The van der Waals surface area contributed by atoms with Gasteiger partial charge in [0.1, 0.15) is 21.1 Å². The molecule has 0 spiro atoms. The molecule has 0 amide bonds. The lowest BCUT2D eigenvalue weighted by Gasteiger charge is -2.31. The predicted molar refractivity (Wildman–Crippen MR) is 91.0 cm³/mol. The van der Waals surface area contributed by atoms with E-state index < -0.39 is 10.0 Å². The van der Waals surface area contributed by atoms with Gasteiger partial charge in [-0.15, -0.1) is 11.3 Å². The number of thiophene rings is 1. The molecule has 5 nitrogen and oxygen atoms in total. The highest BCUT2D eigenvalue weighted by molar-refractivity contribution is 7.91. The summed E-state index contributed by atoms with van der Waals surface area (Å²) in [7, 11) is -3.53. The van der Waals surface area contributed by atoms with E-state index in [0.29, 0.717) is 21.7 Å². The van der Waals surface area contributed by atoms with Crippen LogP contribution in [0.2, 0.25) is 9.36 Å². The van der Waals surface area contributed by atoms with Crippen LogP contribution in [0.25, 0.3) is 0 Å². The molecule has 2 aromatic rings. The lowest BCUT2D eigenvalue weighted by atomic mass is 10.1. The molecule has 1 atom stereocenters. The molecule has 0 radical (unpaired) electrons. The maximum Gasteiger partial charge on any atom is 0.252 e. The van der Waals surface area contributed by atoms with Gasteiger partial charge >= 0.3 is 0 Å². The zero-order valence-corrected chi connectivity index (χ0v) is 15.1. The van der Waals surface area contributed by atoms with Crippen LogP contribution >= 0.6 is 34.5 Å². The van der Waals surface area contributed by atoms with Gasteiger partial charge in [-0.25, -0.2) is 8.42 Å². The summed E-state index contributed by atoms with van der Waals surface area (Å²) in [6.07, 6.45) is 4.35. The largest absolute Gasteiger partial charge is 0.487 e. The number of pyridine rings is 1. The normalized spacial score (nSPS) is 19.7. The Bertz CT molecular complexity index is 795. The van der Waals surface area contributed by atoms with Gasteiger partial charge < -0.3 is 4.74 Å². The Morgan fingerprint density at radius 3 is 2.83 bits per heavy atom. The summed E-state index contributed by atoms with van der Waals surface area (Å²) in [6.45, 7) is 0.762. The lowest BCUT2D eigenvalue weighted by molar-refractivity contribution is 0.130. The summed E-state index contributed by atoms with van der Waals surface area (Å²) in [4.78, 5) is 3.90. The van der Waals surface area contributed by atoms with E-state index in [1.807, 2.05) is 0 Å². The topological polar surface area (TPSA) is 59.5 Å². The van der Waals surface area contributed by atoms with Gasteiger partial charge in [0.25, 0.3) is 10.0 Å². The van der Waals surface area contributed by atoms with Gasteiger partial charge in [0.15, 0.2) is 0 Å². The molecule has 0 aliphatic carbocycles. The molecule has 0 N–H and O–H groups in total. The smallest absolute Gasteiger partial charge is 0.252 e. The van der Waals surface area contributed by atoms with Crippen molar-refractivity contribution in [1.29, 1.82) is 0 Å². The summed E-state index contributed by atoms with van der Waals surface area (Å²) in [6, 6.07) is 4.80. The zero-order chi connectivity index (χ0) is 16.4. The van der Waals surface area contributed by atoms with E-state index in [0.717, 1.165) is 24.2 Å². The quantitative estimate of drug-likeness (QED) is 0.795. The van der Waals surface area contributed by atoms with Crippen molar-refractivity contribution in [2.45, 2.75) is 23.2 Å². The third-order valence-electron chi connectivity index (χ3n) is 3.51. The Kier molecular flexibility index (Phi) is 5.13. The molecule has 1 aliphatic rings. The van der Waals surface area contributed by atoms with E-state index >= 15 is 0 Å². The molecular formula is C14H14Cl2N2O3S2. The monoisotopic (exact) mass is 392 g/mol. The fourth-order valence-corrected chi connectivity index (χ4v) is 5.73.